The second kappa shape index (κ2) is 8.25. The van der Waals surface area contributed by atoms with Crippen LogP contribution in [0.5, 0.6) is 5.75 Å². The van der Waals surface area contributed by atoms with Crippen LogP contribution in [0, 0.1) is 12.3 Å². The molecule has 1 saturated heterocycles. The zero-order valence-corrected chi connectivity index (χ0v) is 14.0. The normalized spacial score (nSPS) is 15.5. The molecule has 1 aromatic carbocycles. The minimum absolute atomic E-state index is 0.0735. The number of rotatable bonds is 7. The van der Waals surface area contributed by atoms with Crippen molar-refractivity contribution in [2.24, 2.45) is 5.73 Å². The number of nitrogens with two attached hydrogens (primary N) is 1. The van der Waals surface area contributed by atoms with Gasteiger partial charge < -0.3 is 15.4 Å². The molecule has 0 radical (unpaired) electrons. The van der Waals surface area contributed by atoms with Gasteiger partial charge in [-0.25, -0.2) is 0 Å². The standard InChI is InChI=1S/C17H25N3OS/c1-13-12-15(17(18)19)6-7-16(13)21-14(2)22-11-10-20-8-4-3-5-9-20/h6-7,12H,2-5,8-11H2,1H3,(H3,18,19). The van der Waals surface area contributed by atoms with Gasteiger partial charge in [-0.3, -0.25) is 5.41 Å². The van der Waals surface area contributed by atoms with Crippen LogP contribution >= 0.6 is 11.8 Å². The maximum atomic E-state index is 7.44. The van der Waals surface area contributed by atoms with Gasteiger partial charge in [-0.05, 0) is 63.2 Å². The number of benzene rings is 1. The number of likely N-dealkylation sites (tertiary alicyclic amines) is 1. The highest BCUT2D eigenvalue weighted by Gasteiger charge is 2.10. The summed E-state index contributed by atoms with van der Waals surface area (Å²) in [5.41, 5.74) is 7.17. The van der Waals surface area contributed by atoms with Gasteiger partial charge in [-0.1, -0.05) is 18.2 Å². The topological polar surface area (TPSA) is 62.3 Å². The molecule has 4 nitrogen and oxygen atoms in total. The van der Waals surface area contributed by atoms with Gasteiger partial charge in [0.2, 0.25) is 0 Å². The maximum absolute atomic E-state index is 7.44. The summed E-state index contributed by atoms with van der Waals surface area (Å²) in [5, 5.41) is 8.16. The Morgan fingerprint density at radius 2 is 2.09 bits per heavy atom. The largest absolute Gasteiger partial charge is 0.451 e. The predicted molar refractivity (Wildman–Crippen MR) is 94.7 cm³/mol. The third kappa shape index (κ3) is 5.07. The molecule has 120 valence electrons. The van der Waals surface area contributed by atoms with E-state index in [1.54, 1.807) is 17.8 Å². The van der Waals surface area contributed by atoms with Crippen LogP contribution in [0.15, 0.2) is 29.9 Å². The second-order valence-electron chi connectivity index (χ2n) is 5.62. The van der Waals surface area contributed by atoms with E-state index in [4.69, 9.17) is 15.9 Å². The van der Waals surface area contributed by atoms with Crippen molar-refractivity contribution < 1.29 is 4.74 Å². The minimum Gasteiger partial charge on any atom is -0.451 e. The number of ether oxygens (including phenoxy) is 1. The molecular weight excluding hydrogens is 294 g/mol. The molecular formula is C17H25N3OS. The second-order valence-corrected chi connectivity index (χ2v) is 6.77. The Bertz CT molecular complexity index is 539. The quantitative estimate of drug-likeness (QED) is 0.460. The van der Waals surface area contributed by atoms with Crippen molar-refractivity contribution in [3.63, 3.8) is 0 Å². The first-order valence-corrected chi connectivity index (χ1v) is 8.72. The van der Waals surface area contributed by atoms with Crippen LogP contribution in [0.3, 0.4) is 0 Å². The smallest absolute Gasteiger partial charge is 0.153 e. The van der Waals surface area contributed by atoms with Gasteiger partial charge in [0.25, 0.3) is 0 Å². The molecule has 1 aliphatic heterocycles. The highest BCUT2D eigenvalue weighted by molar-refractivity contribution is 8.02. The summed E-state index contributed by atoms with van der Waals surface area (Å²) in [4.78, 5) is 2.51. The molecule has 1 aromatic rings. The predicted octanol–water partition coefficient (Wildman–Crippen LogP) is 3.35. The van der Waals surface area contributed by atoms with E-state index in [1.807, 2.05) is 19.1 Å². The van der Waals surface area contributed by atoms with Crippen molar-refractivity contribution in [2.45, 2.75) is 26.2 Å². The molecule has 0 aromatic heterocycles. The first kappa shape index (κ1) is 16.9. The van der Waals surface area contributed by atoms with Crippen molar-refractivity contribution in [1.29, 1.82) is 5.41 Å². The van der Waals surface area contributed by atoms with Crippen LogP contribution in [0.25, 0.3) is 0 Å². The Morgan fingerprint density at radius 3 is 2.73 bits per heavy atom. The van der Waals surface area contributed by atoms with Crippen LogP contribution in [-0.4, -0.2) is 36.1 Å². The molecule has 0 spiro atoms. The van der Waals surface area contributed by atoms with Gasteiger partial charge in [0.1, 0.15) is 11.6 Å². The van der Waals surface area contributed by atoms with Crippen LogP contribution in [-0.2, 0) is 0 Å². The molecule has 0 aliphatic carbocycles. The number of piperidine rings is 1. The summed E-state index contributed by atoms with van der Waals surface area (Å²) < 4.78 is 5.81. The van der Waals surface area contributed by atoms with Gasteiger partial charge in [0.15, 0.2) is 5.09 Å². The number of nitrogens with zero attached hydrogens (tertiary/aromatic N) is 1. The molecule has 2 rings (SSSR count). The summed E-state index contributed by atoms with van der Waals surface area (Å²) in [7, 11) is 0. The average molecular weight is 319 g/mol. The molecule has 1 aliphatic rings. The van der Waals surface area contributed by atoms with E-state index in [1.165, 1.54) is 32.4 Å². The van der Waals surface area contributed by atoms with E-state index in [0.717, 1.165) is 28.7 Å². The van der Waals surface area contributed by atoms with Crippen LogP contribution in [0.4, 0.5) is 0 Å². The van der Waals surface area contributed by atoms with Crippen molar-refractivity contribution in [3.05, 3.63) is 41.0 Å². The lowest BCUT2D eigenvalue weighted by Crippen LogP contribution is -2.31. The van der Waals surface area contributed by atoms with E-state index in [-0.39, 0.29) is 5.84 Å². The van der Waals surface area contributed by atoms with Crippen LogP contribution in [0.2, 0.25) is 0 Å². The Morgan fingerprint density at radius 1 is 1.36 bits per heavy atom. The minimum atomic E-state index is 0.0735. The van der Waals surface area contributed by atoms with Crippen molar-refractivity contribution in [3.8, 4) is 5.75 Å². The monoisotopic (exact) mass is 319 g/mol. The number of nitrogen functional groups attached to an aromatic ring is 1. The SMILES string of the molecule is C=C(Oc1ccc(C(=N)N)cc1C)SCCN1CCCCC1. The van der Waals surface area contributed by atoms with Gasteiger partial charge in [0, 0.05) is 17.9 Å². The highest BCUT2D eigenvalue weighted by Crippen LogP contribution is 2.25. The molecule has 0 saturated carbocycles. The Balaban J connectivity index is 1.77. The van der Waals surface area contributed by atoms with Gasteiger partial charge in [0.05, 0.1) is 0 Å². The molecule has 0 bridgehead atoms. The molecule has 3 N–H and O–H groups in total. The van der Waals surface area contributed by atoms with E-state index < -0.39 is 0 Å². The zero-order valence-electron chi connectivity index (χ0n) is 13.2. The fourth-order valence-electron chi connectivity index (χ4n) is 2.56. The molecule has 0 amide bonds. The first-order valence-electron chi connectivity index (χ1n) is 7.73. The highest BCUT2D eigenvalue weighted by atomic mass is 32.2. The third-order valence-electron chi connectivity index (χ3n) is 3.83. The van der Waals surface area contributed by atoms with Crippen molar-refractivity contribution in [1.82, 2.24) is 4.90 Å². The lowest BCUT2D eigenvalue weighted by Gasteiger charge is -2.26. The Kier molecular flexibility index (Phi) is 6.34. The average Bonchev–Trinajstić information content (AvgIpc) is 2.50. The molecule has 5 heteroatoms. The van der Waals surface area contributed by atoms with Crippen molar-refractivity contribution >= 4 is 17.6 Å². The van der Waals surface area contributed by atoms with Crippen molar-refractivity contribution in [2.75, 3.05) is 25.4 Å². The molecule has 1 fully saturated rings. The molecule has 22 heavy (non-hydrogen) atoms. The van der Waals surface area contributed by atoms with E-state index in [9.17, 15) is 0 Å². The third-order valence-corrected chi connectivity index (χ3v) is 4.62. The Hall–Kier alpha value is -1.46. The van der Waals surface area contributed by atoms with Gasteiger partial charge in [-0.2, -0.15) is 0 Å². The number of hydrogen-bond donors (Lipinski definition) is 2. The van der Waals surface area contributed by atoms with Gasteiger partial charge >= 0.3 is 0 Å². The zero-order chi connectivity index (χ0) is 15.9. The summed E-state index contributed by atoms with van der Waals surface area (Å²) >= 11 is 1.66. The molecule has 0 atom stereocenters. The number of amidine groups is 1. The van der Waals surface area contributed by atoms with Gasteiger partial charge in [-0.15, -0.1) is 0 Å². The van der Waals surface area contributed by atoms with E-state index in [0.29, 0.717) is 5.56 Å². The number of nitrogens with one attached hydrogen (secondary N) is 1. The summed E-state index contributed by atoms with van der Waals surface area (Å²) in [6.45, 7) is 9.47. The molecule has 1 heterocycles. The number of thioether (sulfide) groups is 1. The first-order chi connectivity index (χ1) is 10.6. The van der Waals surface area contributed by atoms with Crippen LogP contribution < -0.4 is 10.5 Å². The fraction of sp³-hybridized carbons (Fsp3) is 0.471. The van der Waals surface area contributed by atoms with Crippen LogP contribution in [0.1, 0.15) is 30.4 Å². The lowest BCUT2D eigenvalue weighted by molar-refractivity contribution is 0.242. The number of hydrogen-bond acceptors (Lipinski definition) is 4. The summed E-state index contributed by atoms with van der Waals surface area (Å²) in [6, 6.07) is 5.52. The maximum Gasteiger partial charge on any atom is 0.153 e. The summed E-state index contributed by atoms with van der Waals surface area (Å²) in [5.74, 6) is 1.86. The van der Waals surface area contributed by atoms with E-state index >= 15 is 0 Å². The Labute approximate surface area is 137 Å². The lowest BCUT2D eigenvalue weighted by atomic mass is 10.1. The summed E-state index contributed by atoms with van der Waals surface area (Å²) in [6.07, 6.45) is 4.02. The van der Waals surface area contributed by atoms with E-state index in [2.05, 4.69) is 11.5 Å². The number of aryl methyl sites for hydroxylation is 1. The molecule has 0 unspecified atom stereocenters. The fourth-order valence-corrected chi connectivity index (χ4v) is 3.28.